The highest BCUT2D eigenvalue weighted by Crippen LogP contribution is 2.33. The van der Waals surface area contributed by atoms with Crippen LogP contribution in [0.15, 0.2) is 18.2 Å². The fraction of sp³-hybridized carbons (Fsp3) is 0.500. The predicted molar refractivity (Wildman–Crippen MR) is 72.8 cm³/mol. The molecular weight excluding hydrogens is 226 g/mol. The van der Waals surface area contributed by atoms with Gasteiger partial charge in [0, 0.05) is 36.9 Å². The minimum atomic E-state index is 0.0165. The van der Waals surface area contributed by atoms with Crippen molar-refractivity contribution in [2.75, 3.05) is 23.8 Å². The van der Waals surface area contributed by atoms with Gasteiger partial charge in [0.2, 0.25) is 5.91 Å². The van der Waals surface area contributed by atoms with E-state index in [4.69, 9.17) is 5.73 Å². The Bertz CT molecular complexity index is 494. The van der Waals surface area contributed by atoms with Crippen molar-refractivity contribution >= 4 is 17.3 Å². The van der Waals surface area contributed by atoms with Crippen LogP contribution in [-0.4, -0.2) is 25.0 Å². The Hall–Kier alpha value is -1.55. The molecule has 1 aromatic carbocycles. The lowest BCUT2D eigenvalue weighted by Gasteiger charge is -2.26. The Kier molecular flexibility index (Phi) is 2.55. The van der Waals surface area contributed by atoms with Gasteiger partial charge in [0.1, 0.15) is 0 Å². The van der Waals surface area contributed by atoms with E-state index in [0.717, 1.165) is 37.2 Å². The monoisotopic (exact) mass is 245 g/mol. The number of hydrogen-bond donors (Lipinski definition) is 2. The topological polar surface area (TPSA) is 58.4 Å². The van der Waals surface area contributed by atoms with Crippen molar-refractivity contribution in [3.63, 3.8) is 0 Å². The number of hydrogen-bond acceptors (Lipinski definition) is 3. The first-order valence-corrected chi connectivity index (χ1v) is 6.50. The van der Waals surface area contributed by atoms with Crippen LogP contribution in [0, 0.1) is 0 Å². The first-order valence-electron chi connectivity index (χ1n) is 6.50. The van der Waals surface area contributed by atoms with E-state index in [0.29, 0.717) is 6.42 Å². The third-order valence-electron chi connectivity index (χ3n) is 3.96. The minimum absolute atomic E-state index is 0.0165. The number of rotatable bonds is 3. The van der Waals surface area contributed by atoms with Crippen molar-refractivity contribution in [2.45, 2.75) is 31.2 Å². The molecule has 0 aromatic heterocycles. The Balaban J connectivity index is 1.76. The maximum absolute atomic E-state index is 11.6. The van der Waals surface area contributed by atoms with Gasteiger partial charge in [-0.1, -0.05) is 0 Å². The molecule has 1 aliphatic carbocycles. The van der Waals surface area contributed by atoms with Gasteiger partial charge in [-0.3, -0.25) is 4.79 Å². The highest BCUT2D eigenvalue weighted by atomic mass is 16.2. The number of aryl methyl sites for hydroxylation is 1. The molecule has 0 unspecified atom stereocenters. The lowest BCUT2D eigenvalue weighted by Crippen LogP contribution is -2.32. The number of anilines is 2. The fourth-order valence-electron chi connectivity index (χ4n) is 2.38. The Morgan fingerprint density at radius 3 is 2.89 bits per heavy atom. The van der Waals surface area contributed by atoms with Gasteiger partial charge in [-0.05, 0) is 43.0 Å². The molecule has 96 valence electrons. The maximum Gasteiger partial charge on any atom is 0.227 e. The molecule has 0 bridgehead atoms. The first-order chi connectivity index (χ1) is 8.57. The van der Waals surface area contributed by atoms with Crippen LogP contribution >= 0.6 is 0 Å². The Morgan fingerprint density at radius 1 is 1.39 bits per heavy atom. The van der Waals surface area contributed by atoms with Crippen molar-refractivity contribution in [1.29, 1.82) is 0 Å². The summed E-state index contributed by atoms with van der Waals surface area (Å²) in [6, 6.07) is 6.19. The van der Waals surface area contributed by atoms with E-state index in [1.165, 1.54) is 5.56 Å². The average Bonchev–Trinajstić information content (AvgIpc) is 3.10. The quantitative estimate of drug-likeness (QED) is 0.848. The molecule has 0 radical (unpaired) electrons. The summed E-state index contributed by atoms with van der Waals surface area (Å²) >= 11 is 0. The normalized spacial score (nSPS) is 20.6. The van der Waals surface area contributed by atoms with Crippen molar-refractivity contribution in [1.82, 2.24) is 0 Å². The largest absolute Gasteiger partial charge is 0.383 e. The molecule has 1 saturated carbocycles. The van der Waals surface area contributed by atoms with Gasteiger partial charge in [-0.15, -0.1) is 0 Å². The summed E-state index contributed by atoms with van der Waals surface area (Å²) in [5.74, 6) is 0.196. The van der Waals surface area contributed by atoms with Gasteiger partial charge in [-0.2, -0.15) is 0 Å². The molecule has 4 heteroatoms. The summed E-state index contributed by atoms with van der Waals surface area (Å²) in [7, 11) is 1.84. The lowest BCUT2D eigenvalue weighted by molar-refractivity contribution is -0.118. The summed E-state index contributed by atoms with van der Waals surface area (Å²) in [6.45, 7) is 0.834. The number of fused-ring (bicyclic) bond motifs is 1. The van der Waals surface area contributed by atoms with Crippen molar-refractivity contribution in [2.24, 2.45) is 5.73 Å². The summed E-state index contributed by atoms with van der Waals surface area (Å²) in [5.41, 5.74) is 9.45. The zero-order valence-electron chi connectivity index (χ0n) is 10.7. The van der Waals surface area contributed by atoms with E-state index in [1.807, 2.05) is 19.2 Å². The minimum Gasteiger partial charge on any atom is -0.383 e. The Morgan fingerprint density at radius 2 is 2.17 bits per heavy atom. The second-order valence-electron chi connectivity index (χ2n) is 5.51. The molecule has 4 nitrogen and oxygen atoms in total. The van der Waals surface area contributed by atoms with Crippen molar-refractivity contribution in [3.05, 3.63) is 23.8 Å². The van der Waals surface area contributed by atoms with E-state index in [2.05, 4.69) is 11.4 Å². The number of nitrogens with one attached hydrogen (secondary N) is 1. The maximum atomic E-state index is 11.6. The standard InChI is InChI=1S/C14H19N3O/c1-17-12-4-3-11(16-9-14(15)6-7-14)8-10(12)2-5-13(17)18/h3-4,8,16H,2,5-7,9,15H2,1H3. The Labute approximate surface area is 107 Å². The van der Waals surface area contributed by atoms with Gasteiger partial charge in [0.05, 0.1) is 0 Å². The van der Waals surface area contributed by atoms with Gasteiger partial charge in [0.25, 0.3) is 0 Å². The molecule has 0 spiro atoms. The van der Waals surface area contributed by atoms with Gasteiger partial charge >= 0.3 is 0 Å². The van der Waals surface area contributed by atoms with Crippen LogP contribution in [0.5, 0.6) is 0 Å². The van der Waals surface area contributed by atoms with Crippen molar-refractivity contribution < 1.29 is 4.79 Å². The molecule has 1 fully saturated rings. The van der Waals surface area contributed by atoms with Crippen LogP contribution in [0.1, 0.15) is 24.8 Å². The van der Waals surface area contributed by atoms with E-state index >= 15 is 0 Å². The number of carbonyl (C=O) groups excluding carboxylic acids is 1. The fourth-order valence-corrected chi connectivity index (χ4v) is 2.38. The lowest BCUT2D eigenvalue weighted by atomic mass is 10.0. The summed E-state index contributed by atoms with van der Waals surface area (Å²) < 4.78 is 0. The zero-order chi connectivity index (χ0) is 12.8. The molecular formula is C14H19N3O. The third kappa shape index (κ3) is 2.08. The number of nitrogens with zero attached hydrogens (tertiary/aromatic N) is 1. The van der Waals surface area contributed by atoms with E-state index in [9.17, 15) is 4.79 Å². The average molecular weight is 245 g/mol. The molecule has 1 heterocycles. The molecule has 3 N–H and O–H groups in total. The highest BCUT2D eigenvalue weighted by molar-refractivity contribution is 5.96. The van der Waals surface area contributed by atoms with E-state index in [1.54, 1.807) is 4.90 Å². The third-order valence-corrected chi connectivity index (χ3v) is 3.96. The van der Waals surface area contributed by atoms with Crippen LogP contribution in [-0.2, 0) is 11.2 Å². The zero-order valence-corrected chi connectivity index (χ0v) is 10.7. The molecule has 1 aromatic rings. The summed E-state index contributed by atoms with van der Waals surface area (Å²) in [5, 5.41) is 3.39. The van der Waals surface area contributed by atoms with Gasteiger partial charge in [0.15, 0.2) is 0 Å². The van der Waals surface area contributed by atoms with E-state index < -0.39 is 0 Å². The first kappa shape index (κ1) is 11.5. The molecule has 3 rings (SSSR count). The van der Waals surface area contributed by atoms with Gasteiger partial charge in [-0.25, -0.2) is 0 Å². The second-order valence-corrected chi connectivity index (χ2v) is 5.51. The molecule has 0 atom stereocenters. The van der Waals surface area contributed by atoms with Crippen LogP contribution in [0.3, 0.4) is 0 Å². The molecule has 1 amide bonds. The predicted octanol–water partition coefficient (Wildman–Crippen LogP) is 1.50. The van der Waals surface area contributed by atoms with Crippen LogP contribution in [0.2, 0.25) is 0 Å². The second kappa shape index (κ2) is 3.99. The summed E-state index contributed by atoms with van der Waals surface area (Å²) in [6.07, 6.45) is 3.67. The number of benzene rings is 1. The molecule has 18 heavy (non-hydrogen) atoms. The number of nitrogens with two attached hydrogens (primary N) is 1. The van der Waals surface area contributed by atoms with E-state index in [-0.39, 0.29) is 11.4 Å². The number of amides is 1. The SMILES string of the molecule is CN1C(=O)CCc2cc(NCC3(N)CC3)ccc21. The smallest absolute Gasteiger partial charge is 0.227 e. The summed E-state index contributed by atoms with van der Waals surface area (Å²) in [4.78, 5) is 13.3. The molecule has 0 saturated heterocycles. The van der Waals surface area contributed by atoms with Crippen LogP contribution < -0.4 is 16.0 Å². The molecule has 1 aliphatic heterocycles. The molecule has 2 aliphatic rings. The number of carbonyl (C=O) groups is 1. The van der Waals surface area contributed by atoms with Crippen molar-refractivity contribution in [3.8, 4) is 0 Å². The van der Waals surface area contributed by atoms with Gasteiger partial charge < -0.3 is 16.0 Å². The van der Waals surface area contributed by atoms with Crippen LogP contribution in [0.4, 0.5) is 11.4 Å². The van der Waals surface area contributed by atoms with Crippen LogP contribution in [0.25, 0.3) is 0 Å². The highest BCUT2D eigenvalue weighted by Gasteiger charge is 2.37.